The zero-order valence-corrected chi connectivity index (χ0v) is 12.6. The molecule has 116 valence electrons. The minimum absolute atomic E-state index is 0.395. The number of ether oxygens (including phenoxy) is 1. The number of anilines is 2. The van der Waals surface area contributed by atoms with Crippen molar-refractivity contribution in [1.29, 1.82) is 0 Å². The van der Waals surface area contributed by atoms with Crippen molar-refractivity contribution < 1.29 is 4.74 Å². The SMILES string of the molecule is COCc1nc(NN)cc(N2CCC(N3CCCC3)C2)n1. The number of nitrogens with two attached hydrogens (primary N) is 1. The van der Waals surface area contributed by atoms with E-state index in [1.165, 1.54) is 32.4 Å². The molecule has 0 spiro atoms. The Morgan fingerprint density at radius 2 is 2.14 bits per heavy atom. The molecule has 3 heterocycles. The third-order valence-electron chi connectivity index (χ3n) is 4.32. The Morgan fingerprint density at radius 3 is 2.86 bits per heavy atom. The van der Waals surface area contributed by atoms with E-state index in [2.05, 4.69) is 25.2 Å². The van der Waals surface area contributed by atoms with Gasteiger partial charge in [-0.1, -0.05) is 0 Å². The molecule has 0 radical (unpaired) electrons. The van der Waals surface area contributed by atoms with Gasteiger partial charge in [0.15, 0.2) is 5.82 Å². The first kappa shape index (κ1) is 14.5. The number of methoxy groups -OCH3 is 1. The van der Waals surface area contributed by atoms with Crippen molar-refractivity contribution in [2.75, 3.05) is 43.6 Å². The molecule has 21 heavy (non-hydrogen) atoms. The molecule has 0 amide bonds. The fourth-order valence-corrected chi connectivity index (χ4v) is 3.27. The lowest BCUT2D eigenvalue weighted by atomic mass is 10.2. The molecule has 1 aromatic heterocycles. The van der Waals surface area contributed by atoms with Gasteiger partial charge in [0.05, 0.1) is 0 Å². The van der Waals surface area contributed by atoms with Crippen molar-refractivity contribution in [3.8, 4) is 0 Å². The van der Waals surface area contributed by atoms with Gasteiger partial charge in [-0.05, 0) is 32.4 Å². The highest BCUT2D eigenvalue weighted by molar-refractivity contribution is 5.49. The van der Waals surface area contributed by atoms with E-state index >= 15 is 0 Å². The fourth-order valence-electron chi connectivity index (χ4n) is 3.27. The summed E-state index contributed by atoms with van der Waals surface area (Å²) in [5.74, 6) is 7.73. The Labute approximate surface area is 125 Å². The summed E-state index contributed by atoms with van der Waals surface area (Å²) in [7, 11) is 1.64. The molecule has 0 aliphatic carbocycles. The first-order valence-electron chi connectivity index (χ1n) is 7.62. The molecule has 3 N–H and O–H groups in total. The van der Waals surface area contributed by atoms with Crippen LogP contribution in [0.2, 0.25) is 0 Å². The van der Waals surface area contributed by atoms with E-state index in [0.29, 0.717) is 24.3 Å². The predicted octanol–water partition coefficient (Wildman–Crippen LogP) is 0.583. The van der Waals surface area contributed by atoms with Crippen LogP contribution in [0.3, 0.4) is 0 Å². The zero-order valence-electron chi connectivity index (χ0n) is 12.6. The lowest BCUT2D eigenvalue weighted by Crippen LogP contribution is -2.35. The van der Waals surface area contributed by atoms with Crippen LogP contribution in [-0.2, 0) is 11.3 Å². The summed E-state index contributed by atoms with van der Waals surface area (Å²) in [4.78, 5) is 13.8. The molecule has 2 aliphatic heterocycles. The highest BCUT2D eigenvalue weighted by Gasteiger charge is 2.30. The van der Waals surface area contributed by atoms with E-state index in [1.54, 1.807) is 7.11 Å². The van der Waals surface area contributed by atoms with Crippen molar-refractivity contribution in [3.63, 3.8) is 0 Å². The van der Waals surface area contributed by atoms with Gasteiger partial charge in [-0.15, -0.1) is 0 Å². The Kier molecular flexibility index (Phi) is 4.52. The topological polar surface area (TPSA) is 79.5 Å². The zero-order chi connectivity index (χ0) is 14.7. The van der Waals surface area contributed by atoms with Gasteiger partial charge < -0.3 is 15.1 Å². The first-order chi connectivity index (χ1) is 10.3. The van der Waals surface area contributed by atoms with Gasteiger partial charge in [-0.2, -0.15) is 0 Å². The summed E-state index contributed by atoms with van der Waals surface area (Å²) >= 11 is 0. The maximum absolute atomic E-state index is 5.50. The minimum atomic E-state index is 0.395. The van der Waals surface area contributed by atoms with Crippen LogP contribution in [0.15, 0.2) is 6.07 Å². The number of rotatable bonds is 5. The Morgan fingerprint density at radius 1 is 1.33 bits per heavy atom. The molecule has 2 saturated heterocycles. The first-order valence-corrected chi connectivity index (χ1v) is 7.62. The van der Waals surface area contributed by atoms with E-state index in [0.717, 1.165) is 18.9 Å². The van der Waals surface area contributed by atoms with Crippen molar-refractivity contribution in [2.24, 2.45) is 5.84 Å². The van der Waals surface area contributed by atoms with Crippen LogP contribution in [0.1, 0.15) is 25.1 Å². The number of hydrogen-bond acceptors (Lipinski definition) is 7. The molecule has 7 heteroatoms. The number of likely N-dealkylation sites (tertiary alicyclic amines) is 1. The van der Waals surface area contributed by atoms with Crippen LogP contribution in [0.5, 0.6) is 0 Å². The number of nitrogens with one attached hydrogen (secondary N) is 1. The average molecular weight is 292 g/mol. The average Bonchev–Trinajstić information content (AvgIpc) is 3.18. The van der Waals surface area contributed by atoms with Gasteiger partial charge in [0.1, 0.15) is 18.2 Å². The van der Waals surface area contributed by atoms with E-state index in [4.69, 9.17) is 10.6 Å². The van der Waals surface area contributed by atoms with E-state index < -0.39 is 0 Å². The van der Waals surface area contributed by atoms with E-state index in [9.17, 15) is 0 Å². The molecular formula is C14H24N6O. The van der Waals surface area contributed by atoms with Crippen molar-refractivity contribution >= 4 is 11.6 Å². The summed E-state index contributed by atoms with van der Waals surface area (Å²) in [5.41, 5.74) is 2.61. The monoisotopic (exact) mass is 292 g/mol. The largest absolute Gasteiger partial charge is 0.377 e. The predicted molar refractivity (Wildman–Crippen MR) is 82.0 cm³/mol. The molecule has 1 aromatic rings. The van der Waals surface area contributed by atoms with Crippen molar-refractivity contribution in [1.82, 2.24) is 14.9 Å². The van der Waals surface area contributed by atoms with Crippen LogP contribution in [0, 0.1) is 0 Å². The van der Waals surface area contributed by atoms with Gasteiger partial charge in [-0.3, -0.25) is 4.90 Å². The third-order valence-corrected chi connectivity index (χ3v) is 4.32. The minimum Gasteiger partial charge on any atom is -0.377 e. The molecule has 0 saturated carbocycles. The highest BCUT2D eigenvalue weighted by atomic mass is 16.5. The number of nitrogens with zero attached hydrogens (tertiary/aromatic N) is 4. The molecule has 3 rings (SSSR count). The van der Waals surface area contributed by atoms with Crippen LogP contribution >= 0.6 is 0 Å². The summed E-state index contributed by atoms with van der Waals surface area (Å²) in [5, 5.41) is 0. The Bertz CT molecular complexity index is 477. The second-order valence-electron chi connectivity index (χ2n) is 5.74. The summed E-state index contributed by atoms with van der Waals surface area (Å²) in [6.07, 6.45) is 3.88. The molecule has 0 aromatic carbocycles. The summed E-state index contributed by atoms with van der Waals surface area (Å²) in [6.45, 7) is 4.95. The lowest BCUT2D eigenvalue weighted by Gasteiger charge is -2.24. The van der Waals surface area contributed by atoms with E-state index in [-0.39, 0.29) is 0 Å². The van der Waals surface area contributed by atoms with Gasteiger partial charge in [0.25, 0.3) is 0 Å². The second kappa shape index (κ2) is 6.55. The number of hydrazine groups is 1. The summed E-state index contributed by atoms with van der Waals surface area (Å²) < 4.78 is 5.13. The van der Waals surface area contributed by atoms with E-state index in [1.807, 2.05) is 6.07 Å². The highest BCUT2D eigenvalue weighted by Crippen LogP contribution is 2.25. The van der Waals surface area contributed by atoms with Gasteiger partial charge in [-0.25, -0.2) is 15.8 Å². The molecule has 0 bridgehead atoms. The lowest BCUT2D eigenvalue weighted by molar-refractivity contribution is 0.178. The standard InChI is InChI=1S/C14H24N6O/c1-21-10-13-16-12(18-15)8-14(17-13)20-7-4-11(9-20)19-5-2-3-6-19/h8,11H,2-7,9-10,15H2,1H3,(H,16,17,18). The molecule has 2 fully saturated rings. The maximum Gasteiger partial charge on any atom is 0.158 e. The van der Waals surface area contributed by atoms with Crippen LogP contribution in [0.25, 0.3) is 0 Å². The van der Waals surface area contributed by atoms with Crippen LogP contribution in [0.4, 0.5) is 11.6 Å². The van der Waals surface area contributed by atoms with Gasteiger partial charge in [0, 0.05) is 32.3 Å². The second-order valence-corrected chi connectivity index (χ2v) is 5.74. The Balaban J connectivity index is 1.72. The normalized spacial score (nSPS) is 23.0. The number of hydrogen-bond donors (Lipinski definition) is 2. The summed E-state index contributed by atoms with van der Waals surface area (Å²) in [6, 6.07) is 2.56. The van der Waals surface area contributed by atoms with Crippen molar-refractivity contribution in [2.45, 2.75) is 31.9 Å². The van der Waals surface area contributed by atoms with Crippen molar-refractivity contribution in [3.05, 3.63) is 11.9 Å². The molecule has 2 aliphatic rings. The number of aromatic nitrogens is 2. The molecule has 7 nitrogen and oxygen atoms in total. The fraction of sp³-hybridized carbons (Fsp3) is 0.714. The van der Waals surface area contributed by atoms with Crippen LogP contribution < -0.4 is 16.2 Å². The molecular weight excluding hydrogens is 268 g/mol. The number of nitrogen functional groups attached to an aromatic ring is 1. The Hall–Kier alpha value is -1.44. The van der Waals surface area contributed by atoms with Gasteiger partial charge in [0.2, 0.25) is 0 Å². The maximum atomic E-state index is 5.50. The smallest absolute Gasteiger partial charge is 0.158 e. The van der Waals surface area contributed by atoms with Crippen LogP contribution in [-0.4, -0.2) is 54.2 Å². The third kappa shape index (κ3) is 3.25. The van der Waals surface area contributed by atoms with Gasteiger partial charge >= 0.3 is 0 Å². The molecule has 1 unspecified atom stereocenters. The molecule has 1 atom stereocenters. The quantitative estimate of drug-likeness (QED) is 0.607.